The van der Waals surface area contributed by atoms with Crippen molar-refractivity contribution < 1.29 is 24.5 Å². The van der Waals surface area contributed by atoms with Crippen molar-refractivity contribution >= 4 is 51.3 Å². The molecule has 5 aromatic rings. The van der Waals surface area contributed by atoms with Crippen molar-refractivity contribution in [1.29, 1.82) is 0 Å². The number of phenolic OH excluding ortho intramolecular Hbond substituents is 1. The van der Waals surface area contributed by atoms with Gasteiger partial charge in [0.15, 0.2) is 21.6 Å². The second-order valence-electron chi connectivity index (χ2n) is 10.4. The zero-order chi connectivity index (χ0) is 31.1. The van der Waals surface area contributed by atoms with Crippen LogP contribution in [0.15, 0.2) is 70.7 Å². The maximum absolute atomic E-state index is 13.7. The van der Waals surface area contributed by atoms with E-state index in [9.17, 15) is 19.8 Å². The van der Waals surface area contributed by atoms with Crippen LogP contribution in [0.1, 0.15) is 46.6 Å². The van der Waals surface area contributed by atoms with Gasteiger partial charge in [0.2, 0.25) is 5.13 Å². The van der Waals surface area contributed by atoms with E-state index in [0.717, 1.165) is 11.1 Å². The third-order valence-electron chi connectivity index (χ3n) is 7.44. The summed E-state index contributed by atoms with van der Waals surface area (Å²) >= 11 is 2.66. The minimum Gasteiger partial charge on any atom is -0.505 e. The Kier molecular flexibility index (Phi) is 7.87. The number of hydrogen-bond acceptors (Lipinski definition) is 10. The molecule has 12 heteroatoms. The van der Waals surface area contributed by atoms with Crippen molar-refractivity contribution in [3.8, 4) is 11.5 Å². The number of ether oxygens (including phenoxy) is 1. The van der Waals surface area contributed by atoms with Crippen LogP contribution in [-0.2, 0) is 15.3 Å². The van der Waals surface area contributed by atoms with E-state index >= 15 is 0 Å². The number of aliphatic hydroxyl groups excluding tert-OH is 1. The number of phenols is 1. The molecule has 6 rings (SSSR count). The summed E-state index contributed by atoms with van der Waals surface area (Å²) in [6.45, 7) is 7.79. The molecule has 0 bridgehead atoms. The number of benzene rings is 2. The lowest BCUT2D eigenvalue weighted by molar-refractivity contribution is -0.132. The number of aliphatic hydroxyl groups is 1. The summed E-state index contributed by atoms with van der Waals surface area (Å²) in [5, 5.41) is 30.9. The molecular weight excluding hydrogens is 599 g/mol. The van der Waals surface area contributed by atoms with Crippen LogP contribution in [0.2, 0.25) is 0 Å². The number of aryl methyl sites for hydroxylation is 3. The summed E-state index contributed by atoms with van der Waals surface area (Å²) in [7, 11) is 0. The van der Waals surface area contributed by atoms with Gasteiger partial charge in [0.25, 0.3) is 5.78 Å². The summed E-state index contributed by atoms with van der Waals surface area (Å²) in [5.74, 6) is -1.39. The highest BCUT2D eigenvalue weighted by molar-refractivity contribution is 8.00. The minimum atomic E-state index is -1.08. The Labute approximate surface area is 261 Å². The van der Waals surface area contributed by atoms with Crippen molar-refractivity contribution in [2.45, 2.75) is 43.8 Å². The SMILES string of the molecule is CCOc1cc(C2/C(=C(\O)c3nc4c(C)cccn4c3C)C(=O)C(=O)N2c2nnc(SCc3ccc(C)cc3)s2)ccc1O. The first-order chi connectivity index (χ1) is 21.2. The number of fused-ring (bicyclic) bond motifs is 1. The maximum Gasteiger partial charge on any atom is 0.301 e. The van der Waals surface area contributed by atoms with Crippen molar-refractivity contribution in [2.24, 2.45) is 0 Å². The second-order valence-corrected chi connectivity index (χ2v) is 12.6. The van der Waals surface area contributed by atoms with Gasteiger partial charge in [0.1, 0.15) is 11.3 Å². The van der Waals surface area contributed by atoms with Crippen LogP contribution in [0.4, 0.5) is 5.13 Å². The number of rotatable bonds is 8. The van der Waals surface area contributed by atoms with Crippen molar-refractivity contribution in [2.75, 3.05) is 11.5 Å². The second kappa shape index (κ2) is 11.8. The van der Waals surface area contributed by atoms with Crippen LogP contribution in [-0.4, -0.2) is 48.1 Å². The first-order valence-corrected chi connectivity index (χ1v) is 15.7. The van der Waals surface area contributed by atoms with Crippen LogP contribution in [0.25, 0.3) is 11.4 Å². The lowest BCUT2D eigenvalue weighted by atomic mass is 9.96. The fraction of sp³-hybridized carbons (Fsp3) is 0.219. The number of ketones is 1. The fourth-order valence-electron chi connectivity index (χ4n) is 5.18. The van der Waals surface area contributed by atoms with Gasteiger partial charge in [0, 0.05) is 11.9 Å². The Morgan fingerprint density at radius 1 is 1.07 bits per heavy atom. The van der Waals surface area contributed by atoms with Crippen molar-refractivity contribution in [3.63, 3.8) is 0 Å². The average molecular weight is 628 g/mol. The van der Waals surface area contributed by atoms with E-state index in [1.807, 2.05) is 60.8 Å². The van der Waals surface area contributed by atoms with E-state index in [4.69, 9.17) is 4.74 Å². The topological polar surface area (TPSA) is 130 Å². The molecule has 0 radical (unpaired) electrons. The van der Waals surface area contributed by atoms with E-state index < -0.39 is 23.5 Å². The normalized spacial score (nSPS) is 16.3. The first kappa shape index (κ1) is 29.4. The maximum atomic E-state index is 13.7. The predicted octanol–water partition coefficient (Wildman–Crippen LogP) is 6.13. The van der Waals surface area contributed by atoms with Crippen molar-refractivity contribution in [3.05, 3.63) is 100 Å². The molecule has 10 nitrogen and oxygen atoms in total. The molecule has 1 aliphatic heterocycles. The first-order valence-electron chi connectivity index (χ1n) is 13.9. The van der Waals surface area contributed by atoms with E-state index in [1.54, 1.807) is 26.0 Å². The molecular formula is C32H29N5O5S2. The number of imidazole rings is 1. The van der Waals surface area contributed by atoms with Gasteiger partial charge in [-0.05, 0) is 62.6 Å². The number of nitrogens with zero attached hydrogens (tertiary/aromatic N) is 5. The Morgan fingerprint density at radius 3 is 2.57 bits per heavy atom. The van der Waals surface area contributed by atoms with Crippen LogP contribution in [0.3, 0.4) is 0 Å². The van der Waals surface area contributed by atoms with Gasteiger partial charge < -0.3 is 19.4 Å². The van der Waals surface area contributed by atoms with Gasteiger partial charge in [-0.25, -0.2) is 4.98 Å². The molecule has 4 heterocycles. The zero-order valence-electron chi connectivity index (χ0n) is 24.4. The van der Waals surface area contributed by atoms with E-state index in [-0.39, 0.29) is 34.5 Å². The third-order valence-corrected chi connectivity index (χ3v) is 9.56. The summed E-state index contributed by atoms with van der Waals surface area (Å²) in [5.41, 5.74) is 4.89. The lowest BCUT2D eigenvalue weighted by Gasteiger charge is -2.23. The minimum absolute atomic E-state index is 0.0927. The highest BCUT2D eigenvalue weighted by Gasteiger charge is 2.49. The lowest BCUT2D eigenvalue weighted by Crippen LogP contribution is -2.29. The molecule has 1 aliphatic rings. The van der Waals surface area contributed by atoms with Crippen LogP contribution < -0.4 is 9.64 Å². The summed E-state index contributed by atoms with van der Waals surface area (Å²) < 4.78 is 8.05. The zero-order valence-corrected chi connectivity index (χ0v) is 26.1. The number of amides is 1. The third kappa shape index (κ3) is 5.20. The molecule has 0 spiro atoms. The Balaban J connectivity index is 1.46. The monoisotopic (exact) mass is 627 g/mol. The number of carbonyl (C=O) groups is 2. The molecule has 1 fully saturated rings. The molecule has 0 aliphatic carbocycles. The highest BCUT2D eigenvalue weighted by Crippen LogP contribution is 2.45. The fourth-order valence-corrected chi connectivity index (χ4v) is 7.00. The van der Waals surface area contributed by atoms with Gasteiger partial charge in [-0.2, -0.15) is 0 Å². The van der Waals surface area contributed by atoms with Crippen molar-refractivity contribution in [1.82, 2.24) is 19.6 Å². The Bertz CT molecular complexity index is 1950. The van der Waals surface area contributed by atoms with E-state index in [1.165, 1.54) is 39.6 Å². The van der Waals surface area contributed by atoms with Crippen LogP contribution >= 0.6 is 23.1 Å². The average Bonchev–Trinajstić information content (AvgIpc) is 3.69. The van der Waals surface area contributed by atoms with Gasteiger partial charge in [-0.1, -0.05) is 65.1 Å². The highest BCUT2D eigenvalue weighted by atomic mass is 32.2. The molecule has 1 saturated heterocycles. The number of aromatic hydroxyl groups is 1. The van der Waals surface area contributed by atoms with E-state index in [2.05, 4.69) is 15.2 Å². The van der Waals surface area contributed by atoms with Crippen LogP contribution in [0, 0.1) is 20.8 Å². The smallest absolute Gasteiger partial charge is 0.301 e. The summed E-state index contributed by atoms with van der Waals surface area (Å²) in [6.07, 6.45) is 1.82. The van der Waals surface area contributed by atoms with Gasteiger partial charge >= 0.3 is 5.91 Å². The van der Waals surface area contributed by atoms with Crippen LogP contribution in [0.5, 0.6) is 11.5 Å². The number of Topliss-reactive ketones (excluding diaryl/α,β-unsaturated/α-hetero) is 1. The number of pyridine rings is 1. The van der Waals surface area contributed by atoms with Gasteiger partial charge in [-0.3, -0.25) is 14.5 Å². The molecule has 0 saturated carbocycles. The molecule has 224 valence electrons. The molecule has 1 atom stereocenters. The van der Waals surface area contributed by atoms with Gasteiger partial charge in [0.05, 0.1) is 23.9 Å². The van der Waals surface area contributed by atoms with Gasteiger partial charge in [-0.15, -0.1) is 10.2 Å². The molecule has 44 heavy (non-hydrogen) atoms. The largest absolute Gasteiger partial charge is 0.505 e. The Hall–Kier alpha value is -4.68. The standard InChI is InChI=1S/C32H29N5O5S2/c1-5-42-23-15-21(12-13-22(23)38)26-24(27(39)25-19(4)36-14-6-7-18(3)29(36)33-25)28(40)30(41)37(26)31-34-35-32(44-31)43-16-20-10-8-17(2)9-11-20/h6-15,26,38-39H,5,16H2,1-4H3/b27-24+. The predicted molar refractivity (Wildman–Crippen MR) is 169 cm³/mol. The quantitative estimate of drug-likeness (QED) is 0.0686. The number of anilines is 1. The Morgan fingerprint density at radius 2 is 1.84 bits per heavy atom. The number of carbonyl (C=O) groups excluding carboxylic acids is 2. The molecule has 2 N–H and O–H groups in total. The summed E-state index contributed by atoms with van der Waals surface area (Å²) in [6, 6.07) is 15.5. The molecule has 2 aromatic carbocycles. The number of hydrogen-bond donors (Lipinski definition) is 2. The molecule has 1 unspecified atom stereocenters. The van der Waals surface area contributed by atoms with E-state index in [0.29, 0.717) is 27.0 Å². The summed E-state index contributed by atoms with van der Waals surface area (Å²) in [4.78, 5) is 33.3. The molecule has 1 amide bonds. The number of thioether (sulfide) groups is 1. The molecule has 3 aromatic heterocycles. The number of aromatic nitrogens is 4.